The summed E-state index contributed by atoms with van der Waals surface area (Å²) < 4.78 is 4.19. The van der Waals surface area contributed by atoms with E-state index in [1.54, 1.807) is 0 Å². The van der Waals surface area contributed by atoms with Crippen molar-refractivity contribution >= 4 is 27.6 Å². The van der Waals surface area contributed by atoms with Gasteiger partial charge < -0.3 is 24.3 Å². The van der Waals surface area contributed by atoms with E-state index in [-0.39, 0.29) is 0 Å². The van der Waals surface area contributed by atoms with E-state index >= 15 is 0 Å². The Balaban J connectivity index is 2.23. The van der Waals surface area contributed by atoms with Crippen molar-refractivity contribution in [2.45, 2.75) is 96.1 Å². The Morgan fingerprint density at radius 1 is 0.917 bits per heavy atom. The number of hydrogen-bond donors (Lipinski definition) is 0. The maximum atomic E-state index is 13.9. The molecule has 204 valence electrons. The van der Waals surface area contributed by atoms with Gasteiger partial charge in [-0.05, 0) is 64.2 Å². The first-order valence-corrected chi connectivity index (χ1v) is 13.8. The van der Waals surface area contributed by atoms with Crippen molar-refractivity contribution < 1.29 is 28.2 Å². The number of aliphatic hydroxyl groups is 1. The summed E-state index contributed by atoms with van der Waals surface area (Å²) in [5.41, 5.74) is 4.33. The molecule has 0 aromatic rings. The minimum atomic E-state index is -0.691. The van der Waals surface area contributed by atoms with Crippen LogP contribution in [0.3, 0.4) is 0 Å². The maximum Gasteiger partial charge on any atom is 0.435 e. The van der Waals surface area contributed by atoms with Gasteiger partial charge in [-0.2, -0.15) is 4.48 Å². The molecular weight excluding hydrogens is 479 g/mol. The fourth-order valence-electron chi connectivity index (χ4n) is 4.98. The van der Waals surface area contributed by atoms with Gasteiger partial charge in [0.25, 0.3) is 0 Å². The molecule has 9 nitrogen and oxygen atoms in total. The molecule has 0 bridgehead atoms. The van der Waals surface area contributed by atoms with Crippen LogP contribution in [0.25, 0.3) is 5.48 Å². The summed E-state index contributed by atoms with van der Waals surface area (Å²) in [6, 6.07) is -1.44. The molecule has 0 saturated carbocycles. The third-order valence-electron chi connectivity index (χ3n) is 6.97. The van der Waals surface area contributed by atoms with Crippen LogP contribution in [0, 0.1) is 6.79 Å². The van der Waals surface area contributed by atoms with Gasteiger partial charge >= 0.3 is 18.1 Å². The van der Waals surface area contributed by atoms with Gasteiger partial charge in [0.1, 0.15) is 0 Å². The summed E-state index contributed by atoms with van der Waals surface area (Å²) in [4.78, 5) is 47.8. The first kappa shape index (κ1) is 30.6. The second kappa shape index (κ2) is 17.0. The van der Waals surface area contributed by atoms with Gasteiger partial charge in [0.15, 0.2) is 0 Å². The number of imide groups is 3. The molecule has 2 heterocycles. The minimum absolute atomic E-state index is 0.301. The van der Waals surface area contributed by atoms with Crippen LogP contribution in [0.15, 0.2) is 25.3 Å². The van der Waals surface area contributed by atoms with Crippen LogP contribution in [0.1, 0.15) is 89.9 Å². The molecule has 2 aliphatic heterocycles. The normalized spacial score (nSPS) is 20.1. The lowest BCUT2D eigenvalue weighted by Crippen LogP contribution is -2.76. The Labute approximate surface area is 219 Å². The van der Waals surface area contributed by atoms with Crippen molar-refractivity contribution in [2.24, 2.45) is 0 Å². The molecule has 2 rings (SSSR count). The van der Waals surface area contributed by atoms with Crippen molar-refractivity contribution in [3.8, 4) is 0 Å². The molecule has 1 spiro atoms. The van der Waals surface area contributed by atoms with Crippen molar-refractivity contribution in [3.63, 3.8) is 0 Å². The highest BCUT2D eigenvalue weighted by molar-refractivity contribution is 7.09. The molecule has 0 radical (unpaired) electrons. The fraction of sp³-hybridized carbons (Fsp3) is 0.692. The van der Waals surface area contributed by atoms with Gasteiger partial charge in [-0.15, -0.1) is 13.2 Å². The number of carbonyl (C=O) groups excluding carboxylic acids is 3. The minimum Gasteiger partial charge on any atom is -0.661 e. The molecule has 0 aromatic carbocycles. The predicted octanol–water partition coefficient (Wildman–Crippen LogP) is 7.45. The van der Waals surface area contributed by atoms with Gasteiger partial charge in [0.05, 0.1) is 12.7 Å². The smallest absolute Gasteiger partial charge is 0.435 e. The maximum absolute atomic E-state index is 13.9. The lowest BCUT2D eigenvalue weighted by molar-refractivity contribution is -0.801. The van der Waals surface area contributed by atoms with Gasteiger partial charge in [-0.1, -0.05) is 37.8 Å². The number of urea groups is 3. The summed E-state index contributed by atoms with van der Waals surface area (Å²) in [7, 11) is 2.86. The van der Waals surface area contributed by atoms with E-state index in [0.717, 1.165) is 71.0 Å². The van der Waals surface area contributed by atoms with Crippen molar-refractivity contribution in [2.75, 3.05) is 19.6 Å². The summed E-state index contributed by atoms with van der Waals surface area (Å²) in [5, 5.41) is 0. The van der Waals surface area contributed by atoms with E-state index in [1.807, 2.05) is 12.2 Å². The summed E-state index contributed by atoms with van der Waals surface area (Å²) in [6.45, 7) is 9.53. The highest BCUT2D eigenvalue weighted by Gasteiger charge is 2.60. The second-order valence-electron chi connectivity index (χ2n) is 9.51. The highest BCUT2D eigenvalue weighted by Crippen LogP contribution is 2.36. The average molecular weight is 524 g/mol. The average Bonchev–Trinajstić information content (AvgIpc) is 3.09. The third kappa shape index (κ3) is 8.18. The molecule has 0 aromatic heterocycles. The number of hydrogen-bond acceptors (Lipinski definition) is 4. The molecule has 2 saturated heterocycles. The first-order chi connectivity index (χ1) is 17.5. The fourth-order valence-corrected chi connectivity index (χ4v) is 5.03. The summed E-state index contributed by atoms with van der Waals surface area (Å²) in [6.07, 6.45) is 15.3. The van der Waals surface area contributed by atoms with Crippen molar-refractivity contribution in [1.29, 1.82) is 0 Å². The van der Waals surface area contributed by atoms with E-state index < -0.39 is 28.7 Å². The van der Waals surface area contributed by atoms with Crippen LogP contribution in [-0.2, 0) is 4.52 Å². The lowest BCUT2D eigenvalue weighted by atomic mass is 10.1. The van der Waals surface area contributed by atoms with Gasteiger partial charge in [0, 0.05) is 19.9 Å². The lowest BCUT2D eigenvalue weighted by Gasteiger charge is -2.50. The number of rotatable bonds is 18. The first-order valence-electron chi connectivity index (χ1n) is 13.4. The Hall–Kier alpha value is -1.64. The van der Waals surface area contributed by atoms with Crippen LogP contribution in [0.4, 0.5) is 14.4 Å². The predicted molar refractivity (Wildman–Crippen MR) is 142 cm³/mol. The second-order valence-corrected chi connectivity index (χ2v) is 9.75. The van der Waals surface area contributed by atoms with Crippen LogP contribution in [-0.4, -0.2) is 63.0 Å². The van der Waals surface area contributed by atoms with Gasteiger partial charge in [0.2, 0.25) is 0 Å². The highest BCUT2D eigenvalue weighted by atomic mass is 31.0. The zero-order chi connectivity index (χ0) is 26.2. The molecule has 1 N–H and O–H groups in total. The van der Waals surface area contributed by atoms with E-state index in [2.05, 4.69) is 32.9 Å². The number of nitrogens with zero attached hydrogens (tertiary/aromatic N) is 4. The molecule has 6 amide bonds. The Morgan fingerprint density at radius 2 is 1.47 bits per heavy atom. The number of carbonyl (C=O) groups is 3. The largest absolute Gasteiger partial charge is 0.661 e. The van der Waals surface area contributed by atoms with Gasteiger partial charge in [-0.3, -0.25) is 0 Å². The quantitative estimate of drug-likeness (QED) is 0.0355. The van der Waals surface area contributed by atoms with E-state index in [4.69, 9.17) is 4.52 Å². The van der Waals surface area contributed by atoms with Gasteiger partial charge in [-0.25, -0.2) is 24.2 Å². The summed E-state index contributed by atoms with van der Waals surface area (Å²) >= 11 is 0. The third-order valence-corrected chi connectivity index (χ3v) is 7.07. The Morgan fingerprint density at radius 3 is 2.00 bits per heavy atom. The van der Waals surface area contributed by atoms with Crippen molar-refractivity contribution in [3.05, 3.63) is 37.6 Å². The zero-order valence-corrected chi connectivity index (χ0v) is 22.6. The SMILES string of the molecule is C=CCCCCCCN1C(=O)N(CCCCCCC=C)C(=O)[N+]2(CCCCCC2[N-][OH+][CH-]O[PH-])C1=O. The standard InChI is InChI=1S/C26H44N4O5P/c1-3-5-7-9-11-15-19-28-24(31)29(20-16-12-10-8-6-4-2)26(33)30(25(28)32)21-17-13-14-18-23(30)27-34-22-35-36/h3-4,22-23,34,36H,1-2,5-21H2/q-1. The van der Waals surface area contributed by atoms with E-state index in [1.165, 1.54) is 9.80 Å². The van der Waals surface area contributed by atoms with Crippen LogP contribution < -0.4 is 0 Å². The number of unbranched alkanes of at least 4 members (excludes halogenated alkanes) is 8. The number of allylic oxidation sites excluding steroid dienone is 2. The number of amides is 6. The Bertz CT molecular complexity index is 693. The zero-order valence-electron chi connectivity index (χ0n) is 21.6. The van der Waals surface area contributed by atoms with Crippen molar-refractivity contribution in [1.82, 2.24) is 9.80 Å². The van der Waals surface area contributed by atoms with Crippen LogP contribution >= 0.6 is 9.47 Å². The van der Waals surface area contributed by atoms with Crippen LogP contribution in [0.2, 0.25) is 0 Å². The molecule has 10 heteroatoms. The van der Waals surface area contributed by atoms with E-state index in [0.29, 0.717) is 45.3 Å². The molecule has 0 aliphatic carbocycles. The Kier molecular flexibility index (Phi) is 14.4. The number of quaternary nitrogens is 1. The topological polar surface area (TPSA) is 93.8 Å². The monoisotopic (exact) mass is 523 g/mol. The van der Waals surface area contributed by atoms with Crippen LogP contribution in [0.5, 0.6) is 0 Å². The molecule has 1 unspecified atom stereocenters. The molecule has 2 fully saturated rings. The summed E-state index contributed by atoms with van der Waals surface area (Å²) in [5.74, 6) is 0. The van der Waals surface area contributed by atoms with E-state index in [9.17, 15) is 14.4 Å². The molecule has 1 atom stereocenters. The number of hydroxylamine groups is 1. The molecular formula is C26H44N4O5P-. The molecule has 2 aliphatic rings. The molecule has 36 heavy (non-hydrogen) atoms.